The molecular weight excluding hydrogens is 338 g/mol. The molecule has 0 bridgehead atoms. The van der Waals surface area contributed by atoms with Crippen molar-refractivity contribution in [2.75, 3.05) is 26.8 Å². The van der Waals surface area contributed by atoms with Gasteiger partial charge in [0.05, 0.1) is 19.6 Å². The quantitative estimate of drug-likeness (QED) is 0.863. The van der Waals surface area contributed by atoms with Gasteiger partial charge in [0, 0.05) is 19.0 Å². The van der Waals surface area contributed by atoms with Crippen LogP contribution in [-0.2, 0) is 9.53 Å². The maximum Gasteiger partial charge on any atom is 0.410 e. The van der Waals surface area contributed by atoms with Gasteiger partial charge in [-0.1, -0.05) is 6.07 Å². The molecule has 0 aliphatic carbocycles. The van der Waals surface area contributed by atoms with Crippen LogP contribution in [0, 0.1) is 5.92 Å². The molecule has 1 amide bonds. The number of likely N-dealkylation sites (tertiary alicyclic amines) is 1. The molecule has 144 valence electrons. The zero-order valence-electron chi connectivity index (χ0n) is 15.9. The molecule has 1 aliphatic heterocycles. The van der Waals surface area contributed by atoms with Crippen molar-refractivity contribution < 1.29 is 28.9 Å². The van der Waals surface area contributed by atoms with Crippen LogP contribution < -0.4 is 9.47 Å². The molecule has 1 heterocycles. The Morgan fingerprint density at radius 2 is 1.92 bits per heavy atom. The number of carbonyl (C=O) groups excluding carboxylic acids is 1. The van der Waals surface area contributed by atoms with E-state index in [1.807, 2.05) is 13.0 Å². The second-order valence-electron chi connectivity index (χ2n) is 7.28. The third kappa shape index (κ3) is 4.59. The van der Waals surface area contributed by atoms with Gasteiger partial charge in [0.15, 0.2) is 11.5 Å². The largest absolute Gasteiger partial charge is 0.493 e. The van der Waals surface area contributed by atoms with E-state index >= 15 is 0 Å². The van der Waals surface area contributed by atoms with Crippen molar-refractivity contribution in [3.8, 4) is 11.5 Å². The molecule has 2 rings (SSSR count). The second-order valence-corrected chi connectivity index (χ2v) is 7.28. The maximum atomic E-state index is 12.3. The van der Waals surface area contributed by atoms with Crippen LogP contribution in [0.5, 0.6) is 11.5 Å². The number of hydrogen-bond acceptors (Lipinski definition) is 5. The van der Waals surface area contributed by atoms with Gasteiger partial charge in [-0.2, -0.15) is 0 Å². The van der Waals surface area contributed by atoms with E-state index in [4.69, 9.17) is 14.2 Å². The molecule has 0 radical (unpaired) electrons. The SMILES string of the molecule is CCOc1cc(C2CN(C(=O)OC(C)(C)C)CC2C(=O)O)ccc1OC. The summed E-state index contributed by atoms with van der Waals surface area (Å²) in [4.78, 5) is 25.5. The average Bonchev–Trinajstić information content (AvgIpc) is 2.99. The maximum absolute atomic E-state index is 12.3. The molecule has 2 atom stereocenters. The number of carbonyl (C=O) groups is 2. The Kier molecular flexibility index (Phi) is 6.00. The number of ether oxygens (including phenoxy) is 3. The number of amides is 1. The highest BCUT2D eigenvalue weighted by Crippen LogP contribution is 2.38. The summed E-state index contributed by atoms with van der Waals surface area (Å²) in [7, 11) is 1.55. The van der Waals surface area contributed by atoms with E-state index in [9.17, 15) is 14.7 Å². The van der Waals surface area contributed by atoms with Gasteiger partial charge >= 0.3 is 12.1 Å². The number of nitrogens with zero attached hydrogens (tertiary/aromatic N) is 1. The minimum atomic E-state index is -0.935. The molecule has 1 fully saturated rings. The molecule has 1 saturated heterocycles. The van der Waals surface area contributed by atoms with Crippen molar-refractivity contribution in [3.63, 3.8) is 0 Å². The minimum Gasteiger partial charge on any atom is -0.493 e. The fourth-order valence-corrected chi connectivity index (χ4v) is 3.06. The summed E-state index contributed by atoms with van der Waals surface area (Å²) in [6.45, 7) is 8.08. The summed E-state index contributed by atoms with van der Waals surface area (Å²) in [6.07, 6.45) is -0.496. The van der Waals surface area contributed by atoms with E-state index in [1.54, 1.807) is 40.0 Å². The van der Waals surface area contributed by atoms with Crippen LogP contribution in [0.15, 0.2) is 18.2 Å². The smallest absolute Gasteiger partial charge is 0.410 e. The van der Waals surface area contributed by atoms with Crippen LogP contribution in [0.1, 0.15) is 39.2 Å². The van der Waals surface area contributed by atoms with Gasteiger partial charge in [-0.15, -0.1) is 0 Å². The number of aliphatic carboxylic acids is 1. The van der Waals surface area contributed by atoms with Crippen molar-refractivity contribution in [2.45, 2.75) is 39.2 Å². The van der Waals surface area contributed by atoms with Crippen LogP contribution in [0.4, 0.5) is 4.79 Å². The Hall–Kier alpha value is -2.44. The Labute approximate surface area is 153 Å². The van der Waals surface area contributed by atoms with Gasteiger partial charge in [0.1, 0.15) is 5.60 Å². The lowest BCUT2D eigenvalue weighted by Gasteiger charge is -2.24. The zero-order valence-corrected chi connectivity index (χ0v) is 15.9. The third-order valence-corrected chi connectivity index (χ3v) is 4.20. The predicted molar refractivity (Wildman–Crippen MR) is 95.8 cm³/mol. The fraction of sp³-hybridized carbons (Fsp3) is 0.579. The lowest BCUT2D eigenvalue weighted by atomic mass is 9.89. The summed E-state index contributed by atoms with van der Waals surface area (Å²) < 4.78 is 16.2. The molecule has 26 heavy (non-hydrogen) atoms. The summed E-state index contributed by atoms with van der Waals surface area (Å²) in [5.41, 5.74) is 0.170. The molecule has 1 aliphatic rings. The highest BCUT2D eigenvalue weighted by molar-refractivity contribution is 5.76. The lowest BCUT2D eigenvalue weighted by Crippen LogP contribution is -2.35. The average molecular weight is 365 g/mol. The second kappa shape index (κ2) is 7.85. The first-order valence-corrected chi connectivity index (χ1v) is 8.67. The predicted octanol–water partition coefficient (Wildman–Crippen LogP) is 3.13. The molecule has 1 aromatic rings. The van der Waals surface area contributed by atoms with Gasteiger partial charge in [-0.05, 0) is 45.4 Å². The Balaban J connectivity index is 2.27. The first-order valence-electron chi connectivity index (χ1n) is 8.67. The van der Waals surface area contributed by atoms with Gasteiger partial charge in [0.25, 0.3) is 0 Å². The molecule has 0 spiro atoms. The highest BCUT2D eigenvalue weighted by Gasteiger charge is 2.42. The molecule has 1 aromatic carbocycles. The van der Waals surface area contributed by atoms with Crippen LogP contribution in [0.25, 0.3) is 0 Å². The minimum absolute atomic E-state index is 0.116. The van der Waals surface area contributed by atoms with Crippen molar-refractivity contribution >= 4 is 12.1 Å². The molecule has 0 aromatic heterocycles. The highest BCUT2D eigenvalue weighted by atomic mass is 16.6. The van der Waals surface area contributed by atoms with Crippen molar-refractivity contribution in [3.05, 3.63) is 23.8 Å². The topological polar surface area (TPSA) is 85.3 Å². The number of hydrogen-bond donors (Lipinski definition) is 1. The van der Waals surface area contributed by atoms with Crippen LogP contribution in [0.2, 0.25) is 0 Å². The number of carboxylic acid groups (broad SMARTS) is 1. The van der Waals surface area contributed by atoms with Crippen LogP contribution in [-0.4, -0.2) is 54.5 Å². The summed E-state index contributed by atoms with van der Waals surface area (Å²) >= 11 is 0. The van der Waals surface area contributed by atoms with Crippen molar-refractivity contribution in [1.29, 1.82) is 0 Å². The molecule has 7 nitrogen and oxygen atoms in total. The fourth-order valence-electron chi connectivity index (χ4n) is 3.06. The summed E-state index contributed by atoms with van der Waals surface area (Å²) in [6, 6.07) is 5.37. The zero-order chi connectivity index (χ0) is 19.5. The molecule has 0 saturated carbocycles. The van der Waals surface area contributed by atoms with Gasteiger partial charge in [0.2, 0.25) is 0 Å². The van der Waals surface area contributed by atoms with E-state index in [0.29, 0.717) is 18.1 Å². The van der Waals surface area contributed by atoms with Gasteiger partial charge < -0.3 is 24.2 Å². The van der Waals surface area contributed by atoms with E-state index in [0.717, 1.165) is 5.56 Å². The Morgan fingerprint density at radius 3 is 2.46 bits per heavy atom. The van der Waals surface area contributed by atoms with Gasteiger partial charge in [-0.3, -0.25) is 4.79 Å². The van der Waals surface area contributed by atoms with Crippen molar-refractivity contribution in [2.24, 2.45) is 5.92 Å². The standard InChI is InChI=1S/C19H27NO6/c1-6-25-16-9-12(7-8-15(16)24-5)13-10-20(11-14(13)17(21)22)18(23)26-19(2,3)4/h7-9,13-14H,6,10-11H2,1-5H3,(H,21,22). The van der Waals surface area contributed by atoms with E-state index in [-0.39, 0.29) is 19.0 Å². The molecular formula is C19H27NO6. The van der Waals surface area contributed by atoms with Crippen LogP contribution >= 0.6 is 0 Å². The van der Waals surface area contributed by atoms with E-state index in [1.165, 1.54) is 4.90 Å². The Bertz CT molecular complexity index is 666. The number of benzene rings is 1. The first-order chi connectivity index (χ1) is 12.2. The van der Waals surface area contributed by atoms with Crippen molar-refractivity contribution in [1.82, 2.24) is 4.90 Å². The lowest BCUT2D eigenvalue weighted by molar-refractivity contribution is -0.141. The summed E-state index contributed by atoms with van der Waals surface area (Å²) in [5, 5.41) is 9.62. The monoisotopic (exact) mass is 365 g/mol. The molecule has 7 heteroatoms. The Morgan fingerprint density at radius 1 is 1.23 bits per heavy atom. The number of methoxy groups -OCH3 is 1. The normalized spacial score (nSPS) is 20.0. The first kappa shape index (κ1) is 19.9. The third-order valence-electron chi connectivity index (χ3n) is 4.20. The van der Waals surface area contributed by atoms with E-state index < -0.39 is 23.6 Å². The number of rotatable bonds is 5. The van der Waals surface area contributed by atoms with Gasteiger partial charge in [-0.25, -0.2) is 4.79 Å². The molecule has 1 N–H and O–H groups in total. The van der Waals surface area contributed by atoms with Crippen LogP contribution in [0.3, 0.4) is 0 Å². The summed E-state index contributed by atoms with van der Waals surface area (Å²) in [5.74, 6) is -0.831. The number of carboxylic acids is 1. The molecule has 2 unspecified atom stereocenters. The van der Waals surface area contributed by atoms with E-state index in [2.05, 4.69) is 0 Å².